The lowest BCUT2D eigenvalue weighted by molar-refractivity contribution is -0.121. The number of nitrogens with one attached hydrogen (secondary N) is 2. The van der Waals surface area contributed by atoms with E-state index in [9.17, 15) is 14.4 Å². The highest BCUT2D eigenvalue weighted by Crippen LogP contribution is 2.22. The molecule has 2 rings (SSSR count). The number of nitrogens with zero attached hydrogens (tertiary/aromatic N) is 1. The van der Waals surface area contributed by atoms with Crippen LogP contribution in [0.4, 0.5) is 0 Å². The summed E-state index contributed by atoms with van der Waals surface area (Å²) < 4.78 is 5.81. The van der Waals surface area contributed by atoms with E-state index in [-0.39, 0.29) is 43.1 Å². The minimum atomic E-state index is -0.343. The van der Waals surface area contributed by atoms with Gasteiger partial charge in [-0.25, -0.2) is 0 Å². The molecule has 0 aromatic carbocycles. The van der Waals surface area contributed by atoms with E-state index in [0.717, 1.165) is 3.79 Å². The maximum Gasteiger partial charge on any atom is 0.287 e. The number of halogens is 1. The van der Waals surface area contributed by atoms with Crippen LogP contribution >= 0.6 is 27.3 Å². The normalized spacial score (nSPS) is 10.2. The fourth-order valence-corrected chi connectivity index (χ4v) is 3.21. The van der Waals surface area contributed by atoms with Crippen molar-refractivity contribution in [2.75, 3.05) is 26.7 Å². The monoisotopic (exact) mass is 413 g/mol. The van der Waals surface area contributed by atoms with Crippen molar-refractivity contribution in [3.8, 4) is 0 Å². The number of rotatable bonds is 7. The van der Waals surface area contributed by atoms with Gasteiger partial charge in [-0.3, -0.25) is 14.4 Å². The van der Waals surface area contributed by atoms with Gasteiger partial charge in [0.1, 0.15) is 0 Å². The first-order chi connectivity index (χ1) is 11.5. The molecule has 128 valence electrons. The maximum absolute atomic E-state index is 12.1. The molecule has 0 bridgehead atoms. The zero-order valence-corrected chi connectivity index (χ0v) is 15.3. The van der Waals surface area contributed by atoms with Crippen LogP contribution in [0.25, 0.3) is 0 Å². The number of furan rings is 1. The predicted octanol–water partition coefficient (Wildman–Crippen LogP) is 1.72. The minimum Gasteiger partial charge on any atom is -0.459 e. The van der Waals surface area contributed by atoms with Crippen LogP contribution in [0, 0.1) is 0 Å². The highest BCUT2D eigenvalue weighted by molar-refractivity contribution is 9.11. The minimum absolute atomic E-state index is 0.0551. The molecule has 3 amide bonds. The topological polar surface area (TPSA) is 91.7 Å². The number of likely N-dealkylation sites (N-methyl/N-ethyl adjacent to an activating group) is 1. The molecule has 0 aliphatic rings. The van der Waals surface area contributed by atoms with E-state index in [1.54, 1.807) is 31.3 Å². The number of carbonyl (C=O) groups excluding carboxylic acids is 3. The van der Waals surface area contributed by atoms with E-state index in [1.165, 1.54) is 22.5 Å². The van der Waals surface area contributed by atoms with E-state index < -0.39 is 0 Å². The molecule has 0 fully saturated rings. The Balaban J connectivity index is 1.67. The number of carbonyl (C=O) groups is 3. The highest BCUT2D eigenvalue weighted by Gasteiger charge is 2.16. The zero-order chi connectivity index (χ0) is 17.5. The largest absolute Gasteiger partial charge is 0.459 e. The van der Waals surface area contributed by atoms with Crippen molar-refractivity contribution in [2.45, 2.75) is 0 Å². The Morgan fingerprint density at radius 1 is 1.21 bits per heavy atom. The summed E-state index contributed by atoms with van der Waals surface area (Å²) in [4.78, 5) is 37.4. The Hall–Kier alpha value is -2.13. The molecule has 0 radical (unpaired) electrons. The van der Waals surface area contributed by atoms with Gasteiger partial charge in [0.15, 0.2) is 5.76 Å². The van der Waals surface area contributed by atoms with Crippen molar-refractivity contribution < 1.29 is 18.8 Å². The Kier molecular flexibility index (Phi) is 6.56. The quantitative estimate of drug-likeness (QED) is 0.675. The summed E-state index contributed by atoms with van der Waals surface area (Å²) in [5, 5.41) is 5.26. The molecule has 7 nitrogen and oxygen atoms in total. The Morgan fingerprint density at radius 2 is 1.96 bits per heavy atom. The van der Waals surface area contributed by atoms with Crippen molar-refractivity contribution in [3.05, 3.63) is 45.0 Å². The van der Waals surface area contributed by atoms with E-state index in [1.807, 2.05) is 0 Å². The second-order valence-corrected chi connectivity index (χ2v) is 7.31. The molecule has 0 aliphatic carbocycles. The summed E-state index contributed by atoms with van der Waals surface area (Å²) in [5.74, 6) is -0.640. The van der Waals surface area contributed by atoms with E-state index in [2.05, 4.69) is 26.6 Å². The van der Waals surface area contributed by atoms with Gasteiger partial charge < -0.3 is 20.0 Å². The fourth-order valence-electron chi connectivity index (χ4n) is 1.83. The first-order valence-electron chi connectivity index (χ1n) is 7.06. The summed E-state index contributed by atoms with van der Waals surface area (Å²) in [6.07, 6.45) is 1.41. The summed E-state index contributed by atoms with van der Waals surface area (Å²) in [6, 6.07) is 6.66. The van der Waals surface area contributed by atoms with Gasteiger partial charge in [-0.2, -0.15) is 0 Å². The molecular weight excluding hydrogens is 398 g/mol. The molecular formula is C15H16BrN3O4S. The van der Waals surface area contributed by atoms with Gasteiger partial charge in [0.25, 0.3) is 11.8 Å². The summed E-state index contributed by atoms with van der Waals surface area (Å²) in [5.41, 5.74) is 0. The van der Waals surface area contributed by atoms with Crippen LogP contribution in [0.3, 0.4) is 0 Å². The van der Waals surface area contributed by atoms with Gasteiger partial charge in [0.2, 0.25) is 5.91 Å². The highest BCUT2D eigenvalue weighted by atomic mass is 79.9. The summed E-state index contributed by atoms with van der Waals surface area (Å²) >= 11 is 4.61. The molecule has 9 heteroatoms. The van der Waals surface area contributed by atoms with Crippen molar-refractivity contribution in [1.82, 2.24) is 15.5 Å². The fraction of sp³-hybridized carbons (Fsp3) is 0.267. The smallest absolute Gasteiger partial charge is 0.287 e. The Morgan fingerprint density at radius 3 is 2.58 bits per heavy atom. The van der Waals surface area contributed by atoms with Crippen LogP contribution in [0.2, 0.25) is 0 Å². The van der Waals surface area contributed by atoms with E-state index in [0.29, 0.717) is 4.88 Å². The number of amides is 3. The molecule has 0 unspecified atom stereocenters. The molecule has 0 atom stereocenters. The van der Waals surface area contributed by atoms with E-state index >= 15 is 0 Å². The average Bonchev–Trinajstić information content (AvgIpc) is 3.22. The zero-order valence-electron chi connectivity index (χ0n) is 12.9. The van der Waals surface area contributed by atoms with E-state index in [4.69, 9.17) is 4.42 Å². The van der Waals surface area contributed by atoms with Crippen LogP contribution < -0.4 is 10.6 Å². The molecule has 2 aromatic heterocycles. The van der Waals surface area contributed by atoms with Crippen LogP contribution in [0.5, 0.6) is 0 Å². The van der Waals surface area contributed by atoms with Crippen molar-refractivity contribution in [2.24, 2.45) is 0 Å². The number of thiophene rings is 1. The van der Waals surface area contributed by atoms with Gasteiger partial charge in [-0.15, -0.1) is 11.3 Å². The molecule has 2 N–H and O–H groups in total. The summed E-state index contributed by atoms with van der Waals surface area (Å²) in [6.45, 7) is 0.471. The molecule has 0 saturated carbocycles. The molecule has 0 saturated heterocycles. The van der Waals surface area contributed by atoms with Crippen molar-refractivity contribution in [1.29, 1.82) is 0 Å². The second-order valence-electron chi connectivity index (χ2n) is 4.85. The van der Waals surface area contributed by atoms with Crippen LogP contribution in [0.15, 0.2) is 38.7 Å². The van der Waals surface area contributed by atoms with Crippen LogP contribution in [-0.4, -0.2) is 49.3 Å². The third-order valence-electron chi connectivity index (χ3n) is 2.99. The lowest BCUT2D eigenvalue weighted by atomic mass is 10.4. The lowest BCUT2D eigenvalue weighted by Gasteiger charge is -2.15. The lowest BCUT2D eigenvalue weighted by Crippen LogP contribution is -2.41. The van der Waals surface area contributed by atoms with Gasteiger partial charge in [0, 0.05) is 20.1 Å². The Labute approximate surface area is 151 Å². The number of hydrogen-bond donors (Lipinski definition) is 2. The van der Waals surface area contributed by atoms with Crippen molar-refractivity contribution in [3.63, 3.8) is 0 Å². The molecule has 2 aromatic rings. The second kappa shape index (κ2) is 8.65. The molecule has 0 aliphatic heterocycles. The van der Waals surface area contributed by atoms with Crippen molar-refractivity contribution >= 4 is 45.0 Å². The standard InChI is InChI=1S/C15H16BrN3O4S/c1-19(15(22)11-4-5-12(16)24-11)9-13(20)17-6-7-18-14(21)10-3-2-8-23-10/h2-5,8H,6-7,9H2,1H3,(H,17,20)(H,18,21). The van der Waals surface area contributed by atoms with Gasteiger partial charge in [0.05, 0.1) is 21.5 Å². The van der Waals surface area contributed by atoms with Crippen LogP contribution in [-0.2, 0) is 4.79 Å². The Bertz CT molecular complexity index is 714. The summed E-state index contributed by atoms with van der Waals surface area (Å²) in [7, 11) is 1.56. The average molecular weight is 414 g/mol. The SMILES string of the molecule is CN(CC(=O)NCCNC(=O)c1ccco1)C(=O)c1ccc(Br)s1. The molecule has 2 heterocycles. The van der Waals surface area contributed by atoms with Gasteiger partial charge in [-0.1, -0.05) is 0 Å². The predicted molar refractivity (Wildman–Crippen MR) is 93.0 cm³/mol. The molecule has 0 spiro atoms. The maximum atomic E-state index is 12.1. The van der Waals surface area contributed by atoms with Crippen LogP contribution in [0.1, 0.15) is 20.2 Å². The third-order valence-corrected chi connectivity index (χ3v) is 4.60. The molecule has 24 heavy (non-hydrogen) atoms. The number of hydrogen-bond acceptors (Lipinski definition) is 5. The van der Waals surface area contributed by atoms with Gasteiger partial charge >= 0.3 is 0 Å². The van der Waals surface area contributed by atoms with Gasteiger partial charge in [-0.05, 0) is 40.2 Å². The first-order valence-corrected chi connectivity index (χ1v) is 8.67. The third kappa shape index (κ3) is 5.20. The first kappa shape index (κ1) is 18.2.